The van der Waals surface area contributed by atoms with E-state index in [4.69, 9.17) is 6.85 Å². The SMILES string of the molecule is [2H]c1c([2H])c([2H])c(N(c2ccccc2-c2ccccc2)c2c([2H])c([2H])c(-c3ccc4c(c3)c3ccccc3n4-c3cccc4ccccc34)c([2H])c2[2H])c([2H])c1[2H]. The van der Waals surface area contributed by atoms with Crippen LogP contribution in [0.1, 0.15) is 12.3 Å². The molecule has 0 bridgehead atoms. The van der Waals surface area contributed by atoms with Gasteiger partial charge >= 0.3 is 0 Å². The van der Waals surface area contributed by atoms with Crippen LogP contribution in [0.25, 0.3) is 60.5 Å². The number of fused-ring (bicyclic) bond motifs is 4. The summed E-state index contributed by atoms with van der Waals surface area (Å²) in [5, 5.41) is 4.01. The van der Waals surface area contributed by atoms with Crippen LogP contribution in [0.4, 0.5) is 17.1 Å². The number of hydrogen-bond acceptors (Lipinski definition) is 1. The Balaban J connectivity index is 1.30. The third-order valence-corrected chi connectivity index (χ3v) is 8.74. The molecule has 1 heterocycles. The van der Waals surface area contributed by atoms with E-state index in [1.807, 2.05) is 91.0 Å². The molecule has 0 atom stereocenters. The van der Waals surface area contributed by atoms with Gasteiger partial charge in [0, 0.05) is 33.1 Å². The van der Waals surface area contributed by atoms with Gasteiger partial charge in [0.05, 0.1) is 34.7 Å². The van der Waals surface area contributed by atoms with Crippen molar-refractivity contribution < 1.29 is 12.3 Å². The van der Waals surface area contributed by atoms with E-state index < -0.39 is 42.3 Å². The first kappa shape index (κ1) is 20.0. The smallest absolute Gasteiger partial charge is 0.0645 e. The van der Waals surface area contributed by atoms with Gasteiger partial charge in [-0.25, -0.2) is 0 Å². The Kier molecular flexibility index (Phi) is 4.90. The maximum Gasteiger partial charge on any atom is 0.0645 e. The molecule has 226 valence electrons. The minimum Gasteiger partial charge on any atom is -0.310 e. The number of nitrogens with zero attached hydrogens (tertiary/aromatic N) is 2. The lowest BCUT2D eigenvalue weighted by atomic mass is 10.0. The van der Waals surface area contributed by atoms with E-state index >= 15 is 0 Å². The van der Waals surface area contributed by atoms with Crippen LogP contribution >= 0.6 is 0 Å². The topological polar surface area (TPSA) is 8.17 Å². The molecule has 9 rings (SSSR count). The fourth-order valence-corrected chi connectivity index (χ4v) is 6.59. The second-order valence-corrected chi connectivity index (χ2v) is 11.5. The Labute approximate surface area is 293 Å². The molecule has 9 aromatic rings. The minimum absolute atomic E-state index is 0.0787. The van der Waals surface area contributed by atoms with Crippen molar-refractivity contribution in [2.75, 3.05) is 4.90 Å². The van der Waals surface area contributed by atoms with Gasteiger partial charge in [0.2, 0.25) is 0 Å². The van der Waals surface area contributed by atoms with Crippen molar-refractivity contribution in [2.45, 2.75) is 0 Å². The molecule has 0 aliphatic heterocycles. The lowest BCUT2D eigenvalue weighted by Crippen LogP contribution is -2.11. The summed E-state index contributed by atoms with van der Waals surface area (Å²) >= 11 is 0. The van der Waals surface area contributed by atoms with Gasteiger partial charge in [0.15, 0.2) is 0 Å². The summed E-state index contributed by atoms with van der Waals surface area (Å²) in [6, 6.07) is 40.0. The summed E-state index contributed by atoms with van der Waals surface area (Å²) in [6.07, 6.45) is 0. The highest BCUT2D eigenvalue weighted by atomic mass is 15.1. The molecular formula is C46H32N2. The van der Waals surface area contributed by atoms with Gasteiger partial charge in [0.25, 0.3) is 0 Å². The molecule has 2 nitrogen and oxygen atoms in total. The van der Waals surface area contributed by atoms with Crippen molar-refractivity contribution in [1.82, 2.24) is 4.57 Å². The van der Waals surface area contributed by atoms with E-state index in [-0.39, 0.29) is 29.0 Å². The minimum atomic E-state index is -0.587. The van der Waals surface area contributed by atoms with E-state index in [1.165, 1.54) is 4.90 Å². The van der Waals surface area contributed by atoms with Crippen LogP contribution in [-0.2, 0) is 0 Å². The summed E-state index contributed by atoms with van der Waals surface area (Å²) in [7, 11) is 0. The average Bonchev–Trinajstić information content (AvgIpc) is 3.57. The number of hydrogen-bond donors (Lipinski definition) is 0. The highest BCUT2D eigenvalue weighted by Crippen LogP contribution is 2.42. The van der Waals surface area contributed by atoms with E-state index in [0.29, 0.717) is 16.8 Å². The molecule has 0 N–H and O–H groups in total. The molecule has 0 unspecified atom stereocenters. The Bertz CT molecular complexity index is 3020. The van der Waals surface area contributed by atoms with Crippen molar-refractivity contribution >= 4 is 49.6 Å². The van der Waals surface area contributed by atoms with Crippen LogP contribution in [0.5, 0.6) is 0 Å². The molecule has 0 amide bonds. The standard InChI is InChI=1S/C46H32N2/c1-3-14-34(15-4-1)39-21-9-11-23-43(39)47(37-18-5-2-6-19-37)38-29-26-33(27-30-38)36-28-31-46-42(32-36)41-22-10-12-24-45(41)48(46)44-25-13-17-35-16-7-8-20-40(35)44/h1-32H/i2D,5D,6D,18D,19D,26D,27D,29D,30D. The predicted molar refractivity (Wildman–Crippen MR) is 204 cm³/mol. The number of aromatic nitrogens is 1. The maximum atomic E-state index is 9.52. The Morgan fingerprint density at radius 1 is 0.438 bits per heavy atom. The Morgan fingerprint density at radius 3 is 1.96 bits per heavy atom. The molecule has 1 aromatic heterocycles. The second-order valence-electron chi connectivity index (χ2n) is 11.5. The lowest BCUT2D eigenvalue weighted by Gasteiger charge is -2.28. The van der Waals surface area contributed by atoms with Crippen molar-refractivity contribution in [3.8, 4) is 27.9 Å². The molecular weight excluding hydrogens is 581 g/mol. The highest BCUT2D eigenvalue weighted by molar-refractivity contribution is 6.11. The molecule has 0 radical (unpaired) electrons. The van der Waals surface area contributed by atoms with Crippen molar-refractivity contribution in [3.05, 3.63) is 194 Å². The number of para-hydroxylation sites is 3. The summed E-state index contributed by atoms with van der Waals surface area (Å²) < 4.78 is 83.4. The van der Waals surface area contributed by atoms with Crippen LogP contribution < -0.4 is 4.90 Å². The summed E-state index contributed by atoms with van der Waals surface area (Å²) in [5.74, 6) is 0. The molecule has 0 saturated carbocycles. The second kappa shape index (κ2) is 11.8. The number of anilines is 3. The molecule has 0 fully saturated rings. The molecule has 2 heteroatoms. The molecule has 0 aliphatic carbocycles. The number of benzene rings is 8. The van der Waals surface area contributed by atoms with Crippen molar-refractivity contribution in [2.24, 2.45) is 0 Å². The monoisotopic (exact) mass is 621 g/mol. The highest BCUT2D eigenvalue weighted by Gasteiger charge is 2.18. The van der Waals surface area contributed by atoms with Gasteiger partial charge in [-0.2, -0.15) is 0 Å². The van der Waals surface area contributed by atoms with Gasteiger partial charge in [-0.05, 0) is 76.6 Å². The van der Waals surface area contributed by atoms with Crippen LogP contribution in [-0.4, -0.2) is 4.57 Å². The molecule has 0 saturated heterocycles. The molecule has 48 heavy (non-hydrogen) atoms. The molecule has 0 aliphatic rings. The fraction of sp³-hybridized carbons (Fsp3) is 0. The van der Waals surface area contributed by atoms with Crippen LogP contribution in [0, 0.1) is 0 Å². The molecule has 0 spiro atoms. The van der Waals surface area contributed by atoms with E-state index in [9.17, 15) is 5.48 Å². The predicted octanol–water partition coefficient (Wildman–Crippen LogP) is 12.7. The average molecular weight is 622 g/mol. The summed E-state index contributed by atoms with van der Waals surface area (Å²) in [6.45, 7) is 0. The van der Waals surface area contributed by atoms with Gasteiger partial charge in [-0.3, -0.25) is 0 Å². The maximum absolute atomic E-state index is 9.52. The quantitative estimate of drug-likeness (QED) is 0.179. The lowest BCUT2D eigenvalue weighted by molar-refractivity contribution is 1.20. The fourth-order valence-electron chi connectivity index (χ4n) is 6.59. The van der Waals surface area contributed by atoms with E-state index in [1.54, 1.807) is 18.2 Å². The summed E-state index contributed by atoms with van der Waals surface area (Å²) in [4.78, 5) is 1.29. The van der Waals surface area contributed by atoms with E-state index in [2.05, 4.69) is 34.9 Å². The first-order chi connectivity index (χ1) is 27.6. The number of rotatable bonds is 6. The van der Waals surface area contributed by atoms with Gasteiger partial charge in [0.1, 0.15) is 0 Å². The van der Waals surface area contributed by atoms with Crippen LogP contribution in [0.3, 0.4) is 0 Å². The van der Waals surface area contributed by atoms with E-state index in [0.717, 1.165) is 43.8 Å². The first-order valence-electron chi connectivity index (χ1n) is 20.2. The van der Waals surface area contributed by atoms with Crippen molar-refractivity contribution in [1.29, 1.82) is 0 Å². The zero-order valence-electron chi connectivity index (χ0n) is 34.7. The zero-order valence-corrected chi connectivity index (χ0v) is 25.7. The largest absolute Gasteiger partial charge is 0.310 e. The normalized spacial score (nSPS) is 14.0. The van der Waals surface area contributed by atoms with Crippen LogP contribution in [0.2, 0.25) is 0 Å². The Hall–Kier alpha value is -6.38. The van der Waals surface area contributed by atoms with Gasteiger partial charge in [-0.1, -0.05) is 139 Å². The first-order valence-corrected chi connectivity index (χ1v) is 15.7. The van der Waals surface area contributed by atoms with Crippen LogP contribution in [0.15, 0.2) is 194 Å². The zero-order chi connectivity index (χ0) is 39.7. The third kappa shape index (κ3) is 4.74. The van der Waals surface area contributed by atoms with Gasteiger partial charge in [-0.15, -0.1) is 0 Å². The Morgan fingerprint density at radius 2 is 1.10 bits per heavy atom. The molecule has 8 aromatic carbocycles. The summed E-state index contributed by atoms with van der Waals surface area (Å²) in [5.41, 5.74) is 4.57. The third-order valence-electron chi connectivity index (χ3n) is 8.74. The van der Waals surface area contributed by atoms with Crippen molar-refractivity contribution in [3.63, 3.8) is 0 Å². The van der Waals surface area contributed by atoms with Gasteiger partial charge < -0.3 is 9.47 Å².